The first kappa shape index (κ1) is 7.58. The molecule has 43 valence electrons. The van der Waals surface area contributed by atoms with Crippen LogP contribution in [0, 0.1) is 4.73 Å². The van der Waals surface area contributed by atoms with Crippen molar-refractivity contribution in [1.82, 2.24) is 0 Å². The summed E-state index contributed by atoms with van der Waals surface area (Å²) < 4.78 is 28.2. The second-order valence-electron chi connectivity index (χ2n) is 0.948. The Morgan fingerprint density at radius 1 is 1.71 bits per heavy atom. The third-order valence-electron chi connectivity index (χ3n) is 0.262. The van der Waals surface area contributed by atoms with Gasteiger partial charge in [0.2, 0.25) is 0 Å². The topological polar surface area (TPSA) is 57.5 Å². The van der Waals surface area contributed by atoms with Gasteiger partial charge < -0.3 is 0 Å². The predicted molar refractivity (Wildman–Crippen MR) is 19.6 cm³/mol. The van der Waals surface area contributed by atoms with Gasteiger partial charge in [0, 0.05) is 0 Å². The van der Waals surface area contributed by atoms with E-state index in [4.69, 9.17) is 8.19 Å². The van der Waals surface area contributed by atoms with Gasteiger partial charge >= 0.3 is 51.4 Å². The van der Waals surface area contributed by atoms with E-state index >= 15 is 0 Å². The minimum absolute atomic E-state index is 0.293. The van der Waals surface area contributed by atoms with Gasteiger partial charge in [0.05, 0.1) is 0 Å². The first-order chi connectivity index (χ1) is 3.06. The SMILES string of the molecule is O=[As](O)(O)C[C]#[Fe]. The molecule has 0 atom stereocenters. The van der Waals surface area contributed by atoms with E-state index < -0.39 is 14.2 Å². The molecule has 0 rings (SSSR count). The molecule has 2 N–H and O–H groups in total. The van der Waals surface area contributed by atoms with Crippen molar-refractivity contribution in [1.29, 1.82) is 0 Å². The van der Waals surface area contributed by atoms with E-state index in [1.807, 2.05) is 0 Å². The summed E-state index contributed by atoms with van der Waals surface area (Å²) in [6.45, 7) is 0. The minimum atomic E-state index is -4.37. The molecule has 0 aromatic rings. The van der Waals surface area contributed by atoms with Gasteiger partial charge in [-0.25, -0.2) is 0 Å². The van der Waals surface area contributed by atoms with Crippen LogP contribution >= 0.6 is 0 Å². The Morgan fingerprint density at radius 3 is 2.14 bits per heavy atom. The summed E-state index contributed by atoms with van der Waals surface area (Å²) in [6.07, 6.45) is 0. The molecule has 0 unspecified atom stereocenters. The fourth-order valence-electron chi connectivity index (χ4n) is 0.0728. The van der Waals surface area contributed by atoms with Crippen LogP contribution in [0.2, 0.25) is 5.21 Å². The summed E-state index contributed by atoms with van der Waals surface area (Å²) >= 11 is -1.32. The summed E-state index contributed by atoms with van der Waals surface area (Å²) in [5.41, 5.74) is 0. The van der Waals surface area contributed by atoms with Crippen LogP contribution in [0.3, 0.4) is 0 Å². The molecule has 0 saturated heterocycles. The van der Waals surface area contributed by atoms with Crippen LogP contribution in [0.15, 0.2) is 0 Å². The molecule has 0 amide bonds. The van der Waals surface area contributed by atoms with Gasteiger partial charge in [0.25, 0.3) is 0 Å². The van der Waals surface area contributed by atoms with E-state index in [-0.39, 0.29) is 5.21 Å². The van der Waals surface area contributed by atoms with E-state index in [0.717, 1.165) is 0 Å². The maximum absolute atomic E-state index is 9.88. The van der Waals surface area contributed by atoms with Crippen molar-refractivity contribution in [3.63, 3.8) is 0 Å². The van der Waals surface area contributed by atoms with Crippen LogP contribution in [0.1, 0.15) is 0 Å². The fraction of sp³-hybridized carbons (Fsp3) is 0.500. The van der Waals surface area contributed by atoms with E-state index in [2.05, 4.69) is 20.1 Å². The normalized spacial score (nSPS) is 10.6. The van der Waals surface area contributed by atoms with Gasteiger partial charge in [-0.15, -0.1) is 0 Å². The van der Waals surface area contributed by atoms with Crippen LogP contribution in [0.4, 0.5) is 0 Å². The Kier molecular flexibility index (Phi) is 3.01. The molecular formula is C2H4AsFeO3. The van der Waals surface area contributed by atoms with Gasteiger partial charge in [-0.2, -0.15) is 0 Å². The molecule has 0 bridgehead atoms. The number of rotatable bonds is 1. The summed E-state index contributed by atoms with van der Waals surface area (Å²) in [4.78, 5) is 0. The van der Waals surface area contributed by atoms with E-state index in [0.29, 0.717) is 0 Å². The van der Waals surface area contributed by atoms with Crippen LogP contribution in [0.5, 0.6) is 0 Å². The van der Waals surface area contributed by atoms with E-state index in [1.54, 1.807) is 0 Å². The first-order valence-corrected chi connectivity index (χ1v) is 5.75. The Labute approximate surface area is 51.7 Å². The predicted octanol–water partition coefficient (Wildman–Crippen LogP) is -1.15. The van der Waals surface area contributed by atoms with Crippen molar-refractivity contribution in [3.8, 4) is 4.73 Å². The number of hydrogen-bond donors (Lipinski definition) is 2. The molecule has 0 fully saturated rings. The van der Waals surface area contributed by atoms with Gasteiger partial charge in [-0.05, 0) is 0 Å². The molecule has 0 aliphatic carbocycles. The molecule has 5 heteroatoms. The Morgan fingerprint density at radius 2 is 2.14 bits per heavy atom. The number of hydrogen-bond acceptors (Lipinski definition) is 1. The molecule has 0 spiro atoms. The average Bonchev–Trinajstić information content (AvgIpc) is 1.30. The van der Waals surface area contributed by atoms with Gasteiger partial charge in [-0.1, -0.05) is 0 Å². The second-order valence-corrected chi connectivity index (χ2v) is 4.79. The Balaban J connectivity index is 3.65. The van der Waals surface area contributed by atoms with Gasteiger partial charge in [-0.3, -0.25) is 0 Å². The van der Waals surface area contributed by atoms with Crippen LogP contribution < -0.4 is 0 Å². The molecule has 0 aromatic heterocycles. The summed E-state index contributed by atoms with van der Waals surface area (Å²) in [5.74, 6) is 0. The molecule has 0 aliphatic rings. The zero-order valence-electron chi connectivity index (χ0n) is 3.31. The maximum atomic E-state index is 9.88. The third-order valence-corrected chi connectivity index (χ3v) is 2.27. The van der Waals surface area contributed by atoms with Crippen LogP contribution in [-0.4, -0.2) is 22.4 Å². The quantitative estimate of drug-likeness (QED) is 0.533. The molecule has 0 radical (unpaired) electrons. The van der Waals surface area contributed by atoms with Crippen molar-refractivity contribution in [3.05, 3.63) is 0 Å². The van der Waals surface area contributed by atoms with Crippen molar-refractivity contribution >= 4 is 14.2 Å². The van der Waals surface area contributed by atoms with Crippen molar-refractivity contribution in [2.24, 2.45) is 0 Å². The van der Waals surface area contributed by atoms with Crippen LogP contribution in [-0.2, 0) is 19.1 Å². The van der Waals surface area contributed by atoms with Crippen molar-refractivity contribution < 1.29 is 27.3 Å². The zero-order valence-corrected chi connectivity index (χ0v) is 6.29. The molecule has 0 heterocycles. The summed E-state index contributed by atoms with van der Waals surface area (Å²) in [6, 6.07) is 0. The zero-order chi connectivity index (χ0) is 5.91. The van der Waals surface area contributed by atoms with Gasteiger partial charge in [0.1, 0.15) is 0 Å². The molecule has 0 aliphatic heterocycles. The summed E-state index contributed by atoms with van der Waals surface area (Å²) in [5, 5.41) is -0.293. The third kappa shape index (κ3) is 6.58. The summed E-state index contributed by atoms with van der Waals surface area (Å²) in [7, 11) is 0. The van der Waals surface area contributed by atoms with E-state index in [9.17, 15) is 3.74 Å². The van der Waals surface area contributed by atoms with Crippen LogP contribution in [0.25, 0.3) is 0 Å². The van der Waals surface area contributed by atoms with E-state index in [1.165, 1.54) is 0 Å². The van der Waals surface area contributed by atoms with Gasteiger partial charge in [0.15, 0.2) is 0 Å². The monoisotopic (exact) mass is 207 g/mol. The molecule has 7 heavy (non-hydrogen) atoms. The average molecular weight is 207 g/mol. The molecular weight excluding hydrogens is 203 g/mol. The standard InChI is InChI=1S/C2H4AsO3.Fe/c1-2-3(4,5)6;/h2H2,(H2,4,5,6);. The van der Waals surface area contributed by atoms with Crippen molar-refractivity contribution in [2.75, 3.05) is 0 Å². The Bertz CT molecular complexity index is 130. The Hall–Kier alpha value is 0.578. The second kappa shape index (κ2) is 2.78. The van der Waals surface area contributed by atoms with Crippen molar-refractivity contribution in [2.45, 2.75) is 5.21 Å². The molecule has 0 aromatic carbocycles. The fourth-order valence-corrected chi connectivity index (χ4v) is 1.56. The molecule has 3 nitrogen and oxygen atoms in total. The molecule has 0 saturated carbocycles. The first-order valence-electron chi connectivity index (χ1n) is 1.43.